The van der Waals surface area contributed by atoms with E-state index in [-0.39, 0.29) is 18.1 Å². The van der Waals surface area contributed by atoms with Gasteiger partial charge in [0.2, 0.25) is 5.88 Å². The summed E-state index contributed by atoms with van der Waals surface area (Å²) in [7, 11) is 0. The topological polar surface area (TPSA) is 111 Å². The number of carboxylic acids is 1. The van der Waals surface area contributed by atoms with Crippen molar-refractivity contribution in [3.8, 4) is 5.88 Å². The summed E-state index contributed by atoms with van der Waals surface area (Å²) in [5, 5.41) is 18.1. The van der Waals surface area contributed by atoms with Gasteiger partial charge in [0, 0.05) is 34.8 Å². The predicted molar refractivity (Wildman–Crippen MR) is 159 cm³/mol. The molecule has 10 nitrogen and oxygen atoms in total. The number of carboxylic acid groups (broad SMARTS) is 1. The van der Waals surface area contributed by atoms with Gasteiger partial charge in [-0.2, -0.15) is 0 Å². The molecule has 5 aromatic rings. The Hall–Kier alpha value is -4.35. The van der Waals surface area contributed by atoms with Crippen molar-refractivity contribution in [1.82, 2.24) is 34.4 Å². The quantitative estimate of drug-likeness (QED) is 0.221. The van der Waals surface area contributed by atoms with E-state index >= 15 is 0 Å². The van der Waals surface area contributed by atoms with Gasteiger partial charge in [-0.25, -0.2) is 23.8 Å². The van der Waals surface area contributed by atoms with E-state index in [0.717, 1.165) is 54.2 Å². The Labute approximate surface area is 252 Å². The van der Waals surface area contributed by atoms with Crippen molar-refractivity contribution < 1.29 is 19.0 Å². The van der Waals surface area contributed by atoms with Crippen molar-refractivity contribution in [3.63, 3.8) is 0 Å². The highest BCUT2D eigenvalue weighted by Crippen LogP contribution is 2.30. The molecule has 0 unspecified atom stereocenters. The number of carbonyl (C=O) groups is 1. The molecule has 0 atom stereocenters. The molecule has 1 N–H and O–H groups in total. The van der Waals surface area contributed by atoms with Crippen LogP contribution in [0.15, 0.2) is 60.8 Å². The van der Waals surface area contributed by atoms with E-state index in [0.29, 0.717) is 36.1 Å². The van der Waals surface area contributed by atoms with E-state index in [1.54, 1.807) is 42.6 Å². The summed E-state index contributed by atoms with van der Waals surface area (Å²) < 4.78 is 23.9. The van der Waals surface area contributed by atoms with Crippen LogP contribution in [0.4, 0.5) is 4.39 Å². The zero-order valence-corrected chi connectivity index (χ0v) is 24.4. The second-order valence-electron chi connectivity index (χ2n) is 10.6. The lowest BCUT2D eigenvalue weighted by atomic mass is 9.93. The Balaban J connectivity index is 1.14. The smallest absolute Gasteiger partial charge is 0.335 e. The van der Waals surface area contributed by atoms with Crippen molar-refractivity contribution in [2.75, 3.05) is 13.1 Å². The molecule has 222 valence electrons. The van der Waals surface area contributed by atoms with Crippen molar-refractivity contribution in [2.45, 2.75) is 51.9 Å². The number of aromatic carboxylic acids is 1. The van der Waals surface area contributed by atoms with Gasteiger partial charge >= 0.3 is 5.97 Å². The average Bonchev–Trinajstić information content (AvgIpc) is 3.61. The van der Waals surface area contributed by atoms with Crippen LogP contribution in [0.5, 0.6) is 5.88 Å². The van der Waals surface area contributed by atoms with Crippen LogP contribution in [0.2, 0.25) is 5.02 Å². The molecule has 0 amide bonds. The highest BCUT2D eigenvalue weighted by atomic mass is 35.5. The van der Waals surface area contributed by atoms with Gasteiger partial charge in [-0.15, -0.1) is 5.10 Å². The fourth-order valence-electron chi connectivity index (χ4n) is 5.55. The highest BCUT2D eigenvalue weighted by Gasteiger charge is 2.24. The maximum absolute atomic E-state index is 14.2. The molecule has 43 heavy (non-hydrogen) atoms. The Morgan fingerprint density at radius 3 is 2.70 bits per heavy atom. The molecule has 0 aliphatic carbocycles. The lowest BCUT2D eigenvalue weighted by Crippen LogP contribution is -2.33. The monoisotopic (exact) mass is 603 g/mol. The first-order valence-corrected chi connectivity index (χ1v) is 14.6. The molecule has 6 rings (SSSR count). The number of benzene rings is 2. The number of rotatable bonds is 10. The third-order valence-electron chi connectivity index (χ3n) is 7.90. The van der Waals surface area contributed by atoms with Crippen LogP contribution in [-0.4, -0.2) is 58.6 Å². The average molecular weight is 604 g/mol. The van der Waals surface area contributed by atoms with Crippen LogP contribution in [0, 0.1) is 5.82 Å². The molecule has 3 aromatic heterocycles. The number of nitrogens with zero attached hydrogens (tertiary/aromatic N) is 7. The van der Waals surface area contributed by atoms with Crippen LogP contribution in [0.3, 0.4) is 0 Å². The van der Waals surface area contributed by atoms with Gasteiger partial charge in [-0.3, -0.25) is 4.90 Å². The van der Waals surface area contributed by atoms with Crippen molar-refractivity contribution in [1.29, 1.82) is 0 Å². The summed E-state index contributed by atoms with van der Waals surface area (Å²) in [5.41, 5.74) is 4.06. The van der Waals surface area contributed by atoms with E-state index in [9.17, 15) is 14.3 Å². The highest BCUT2D eigenvalue weighted by molar-refractivity contribution is 6.30. The van der Waals surface area contributed by atoms with Crippen molar-refractivity contribution in [2.24, 2.45) is 0 Å². The van der Waals surface area contributed by atoms with Gasteiger partial charge in [0.1, 0.15) is 18.2 Å². The molecule has 0 radical (unpaired) electrons. The second kappa shape index (κ2) is 12.5. The molecular weight excluding hydrogens is 573 g/mol. The fourth-order valence-corrected chi connectivity index (χ4v) is 5.71. The SMILES string of the molecule is CCn1nncc1Cn1c(CN2CCC(c3cccc(OCc4ccc(Cl)cc4F)n3)CC2)nc2ccc(C(=O)O)cc21. The Morgan fingerprint density at radius 2 is 1.93 bits per heavy atom. The van der Waals surface area contributed by atoms with Gasteiger partial charge in [0.15, 0.2) is 0 Å². The number of pyridine rings is 1. The van der Waals surface area contributed by atoms with Gasteiger partial charge < -0.3 is 14.4 Å². The molecule has 12 heteroatoms. The van der Waals surface area contributed by atoms with Crippen LogP contribution < -0.4 is 4.74 Å². The molecule has 2 aromatic carbocycles. The Kier molecular flexibility index (Phi) is 8.35. The minimum Gasteiger partial charge on any atom is -0.478 e. The standard InChI is InChI=1S/C31H31ClFN7O3/c1-2-40-24(16-34-37-40)17-39-28-14-21(31(41)42)7-9-27(28)35-29(39)18-38-12-10-20(11-13-38)26-4-3-5-30(36-26)43-19-22-6-8-23(32)15-25(22)33/h3-9,14-16,20H,2,10-13,17-19H2,1H3,(H,41,42). The summed E-state index contributed by atoms with van der Waals surface area (Å²) in [6.45, 7) is 5.58. The van der Waals surface area contributed by atoms with Gasteiger partial charge in [0.05, 0.1) is 41.6 Å². The van der Waals surface area contributed by atoms with Crippen LogP contribution in [0.1, 0.15) is 58.8 Å². The number of imidazole rings is 1. The number of hydrogen-bond donors (Lipinski definition) is 1. The number of likely N-dealkylation sites (tertiary alicyclic amines) is 1. The number of piperidine rings is 1. The molecule has 1 saturated heterocycles. The molecule has 0 bridgehead atoms. The Morgan fingerprint density at radius 1 is 1.09 bits per heavy atom. The largest absolute Gasteiger partial charge is 0.478 e. The molecule has 1 fully saturated rings. The minimum absolute atomic E-state index is 0.0714. The summed E-state index contributed by atoms with van der Waals surface area (Å²) in [4.78, 5) is 23.7. The van der Waals surface area contributed by atoms with Crippen molar-refractivity contribution in [3.05, 3.63) is 100.0 Å². The summed E-state index contributed by atoms with van der Waals surface area (Å²) in [6, 6.07) is 15.3. The number of ether oxygens (including phenoxy) is 1. The first-order valence-electron chi connectivity index (χ1n) is 14.2. The summed E-state index contributed by atoms with van der Waals surface area (Å²) in [5.74, 6) is 0.222. The number of halogens is 2. The molecular formula is C31H31ClFN7O3. The lowest BCUT2D eigenvalue weighted by Gasteiger charge is -2.31. The zero-order chi connectivity index (χ0) is 29.9. The van der Waals surface area contributed by atoms with E-state index < -0.39 is 11.8 Å². The zero-order valence-electron chi connectivity index (χ0n) is 23.7. The fraction of sp³-hybridized carbons (Fsp3) is 0.323. The maximum Gasteiger partial charge on any atom is 0.335 e. The summed E-state index contributed by atoms with van der Waals surface area (Å²) in [6.07, 6.45) is 3.57. The van der Waals surface area contributed by atoms with Gasteiger partial charge in [-0.1, -0.05) is 28.9 Å². The number of fused-ring (bicyclic) bond motifs is 1. The van der Waals surface area contributed by atoms with Gasteiger partial charge in [0.25, 0.3) is 0 Å². The minimum atomic E-state index is -0.973. The lowest BCUT2D eigenvalue weighted by molar-refractivity contribution is 0.0697. The first kappa shape index (κ1) is 28.8. The first-order chi connectivity index (χ1) is 20.9. The van der Waals surface area contributed by atoms with E-state index in [1.165, 1.54) is 6.07 Å². The van der Waals surface area contributed by atoms with Gasteiger partial charge in [-0.05, 0) is 69.3 Å². The predicted octanol–water partition coefficient (Wildman–Crippen LogP) is 5.54. The molecule has 1 aliphatic rings. The molecule has 0 spiro atoms. The number of hydrogen-bond acceptors (Lipinski definition) is 7. The van der Waals surface area contributed by atoms with E-state index in [2.05, 4.69) is 19.8 Å². The number of aromatic nitrogens is 6. The number of aryl methyl sites for hydroxylation is 1. The second-order valence-corrected chi connectivity index (χ2v) is 11.1. The third-order valence-corrected chi connectivity index (χ3v) is 8.13. The van der Waals surface area contributed by atoms with Crippen molar-refractivity contribution >= 4 is 28.6 Å². The normalized spacial score (nSPS) is 14.4. The molecule has 0 saturated carbocycles. The maximum atomic E-state index is 14.2. The molecule has 1 aliphatic heterocycles. The Bertz CT molecular complexity index is 1760. The van der Waals surface area contributed by atoms with Crippen LogP contribution >= 0.6 is 11.6 Å². The van der Waals surface area contributed by atoms with E-state index in [4.69, 9.17) is 26.3 Å². The third kappa shape index (κ3) is 6.37. The van der Waals surface area contributed by atoms with Crippen LogP contribution in [-0.2, 0) is 26.2 Å². The van der Waals surface area contributed by atoms with Crippen LogP contribution in [0.25, 0.3) is 11.0 Å². The summed E-state index contributed by atoms with van der Waals surface area (Å²) >= 11 is 5.85. The van der Waals surface area contributed by atoms with E-state index in [1.807, 2.05) is 23.7 Å². The molecule has 4 heterocycles.